The van der Waals surface area contributed by atoms with Crippen LogP contribution < -0.4 is 10.1 Å². The molecule has 0 aliphatic carbocycles. The minimum atomic E-state index is -0.531. The number of phenols is 1. The first kappa shape index (κ1) is 14.6. The molecule has 0 aromatic heterocycles. The molecule has 0 fully saturated rings. The van der Waals surface area contributed by atoms with Crippen LogP contribution in [-0.4, -0.2) is 16.6 Å². The summed E-state index contributed by atoms with van der Waals surface area (Å²) in [6, 6.07) is 11.5. The van der Waals surface area contributed by atoms with Gasteiger partial charge in [-0.3, -0.25) is 10.1 Å². The maximum absolute atomic E-state index is 11.0. The third-order valence-corrected chi connectivity index (χ3v) is 2.92. The van der Waals surface area contributed by atoms with Crippen LogP contribution in [0.1, 0.15) is 12.5 Å². The quantitative estimate of drug-likeness (QED) is 0.484. The van der Waals surface area contributed by atoms with Gasteiger partial charge >= 0.3 is 0 Å². The lowest BCUT2D eigenvalue weighted by molar-refractivity contribution is -0.384. The molecule has 2 aromatic carbocycles. The van der Waals surface area contributed by atoms with Crippen LogP contribution in [0.15, 0.2) is 42.5 Å². The Hall–Kier alpha value is -2.76. The van der Waals surface area contributed by atoms with E-state index in [1.54, 1.807) is 0 Å². The number of para-hydroxylation sites is 1. The Morgan fingerprint density at radius 3 is 2.76 bits per heavy atom. The molecule has 0 saturated heterocycles. The lowest BCUT2D eigenvalue weighted by atomic mass is 10.2. The van der Waals surface area contributed by atoms with Crippen molar-refractivity contribution in [2.75, 3.05) is 11.9 Å². The maximum atomic E-state index is 11.0. The second-order valence-electron chi connectivity index (χ2n) is 4.35. The number of aromatic hydroxyl groups is 1. The highest BCUT2D eigenvalue weighted by molar-refractivity contribution is 5.64. The molecule has 0 radical (unpaired) electrons. The number of phenolic OH excluding ortho intramolecular Hbond substituents is 1. The molecule has 0 spiro atoms. The van der Waals surface area contributed by atoms with Gasteiger partial charge in [-0.05, 0) is 25.1 Å². The van der Waals surface area contributed by atoms with Gasteiger partial charge in [-0.1, -0.05) is 18.2 Å². The van der Waals surface area contributed by atoms with Crippen LogP contribution in [0, 0.1) is 10.1 Å². The van der Waals surface area contributed by atoms with Gasteiger partial charge in [0.2, 0.25) is 0 Å². The zero-order valence-corrected chi connectivity index (χ0v) is 11.6. The number of nitrogens with one attached hydrogen (secondary N) is 1. The summed E-state index contributed by atoms with van der Waals surface area (Å²) in [5.74, 6) is 0.607. The van der Waals surface area contributed by atoms with Crippen LogP contribution in [0.3, 0.4) is 0 Å². The van der Waals surface area contributed by atoms with Gasteiger partial charge in [-0.15, -0.1) is 0 Å². The largest absolute Gasteiger partial charge is 0.508 e. The number of ether oxygens (including phenoxy) is 1. The predicted octanol–water partition coefficient (Wildman–Crippen LogP) is 3.31. The lowest BCUT2D eigenvalue weighted by Gasteiger charge is -2.12. The number of anilines is 1. The monoisotopic (exact) mass is 288 g/mol. The van der Waals surface area contributed by atoms with Crippen molar-refractivity contribution in [2.45, 2.75) is 13.5 Å². The summed E-state index contributed by atoms with van der Waals surface area (Å²) in [6.07, 6.45) is 0. The van der Waals surface area contributed by atoms with E-state index in [2.05, 4.69) is 5.32 Å². The third kappa shape index (κ3) is 3.62. The molecule has 0 bridgehead atoms. The number of nitro benzene ring substituents is 1. The predicted molar refractivity (Wildman–Crippen MR) is 79.7 cm³/mol. The minimum absolute atomic E-state index is 0.137. The normalized spacial score (nSPS) is 10.1. The Balaban J connectivity index is 2.19. The maximum Gasteiger partial charge on any atom is 0.296 e. The molecule has 2 rings (SSSR count). The summed E-state index contributed by atoms with van der Waals surface area (Å²) in [5.41, 5.74) is 1.09. The van der Waals surface area contributed by atoms with E-state index in [9.17, 15) is 15.2 Å². The average molecular weight is 288 g/mol. The van der Waals surface area contributed by atoms with Crippen molar-refractivity contribution >= 4 is 11.4 Å². The topological polar surface area (TPSA) is 84.6 Å². The first-order valence-electron chi connectivity index (χ1n) is 6.53. The molecule has 6 heteroatoms. The van der Waals surface area contributed by atoms with E-state index in [1.165, 1.54) is 12.1 Å². The van der Waals surface area contributed by atoms with Crippen molar-refractivity contribution in [3.63, 3.8) is 0 Å². The summed E-state index contributed by atoms with van der Waals surface area (Å²) in [4.78, 5) is 10.5. The molecule has 0 atom stereocenters. The molecular weight excluding hydrogens is 272 g/mol. The van der Waals surface area contributed by atoms with E-state index in [-0.39, 0.29) is 11.4 Å². The van der Waals surface area contributed by atoms with E-state index in [0.29, 0.717) is 18.8 Å². The van der Waals surface area contributed by atoms with Gasteiger partial charge < -0.3 is 15.2 Å². The SMILES string of the molecule is CCOc1ccccc1CNc1ccc(O)cc1[N+](=O)[O-]. The van der Waals surface area contributed by atoms with Gasteiger partial charge in [-0.25, -0.2) is 0 Å². The highest BCUT2D eigenvalue weighted by Gasteiger charge is 2.14. The van der Waals surface area contributed by atoms with Crippen LogP contribution in [-0.2, 0) is 6.54 Å². The summed E-state index contributed by atoms with van der Waals surface area (Å²) in [7, 11) is 0. The van der Waals surface area contributed by atoms with Gasteiger partial charge in [0.15, 0.2) is 0 Å². The van der Waals surface area contributed by atoms with Crippen molar-refractivity contribution in [1.82, 2.24) is 0 Å². The fourth-order valence-electron chi connectivity index (χ4n) is 1.96. The molecule has 0 saturated carbocycles. The number of hydrogen-bond acceptors (Lipinski definition) is 5. The Bertz CT molecular complexity index is 643. The van der Waals surface area contributed by atoms with Crippen LogP contribution in [0.2, 0.25) is 0 Å². The molecule has 6 nitrogen and oxygen atoms in total. The summed E-state index contributed by atoms with van der Waals surface area (Å²) in [6.45, 7) is 2.84. The Labute approximate surface area is 122 Å². The lowest BCUT2D eigenvalue weighted by Crippen LogP contribution is -2.05. The summed E-state index contributed by atoms with van der Waals surface area (Å²) >= 11 is 0. The summed E-state index contributed by atoms with van der Waals surface area (Å²) < 4.78 is 5.51. The Morgan fingerprint density at radius 1 is 1.29 bits per heavy atom. The van der Waals surface area contributed by atoms with Gasteiger partial charge in [0.1, 0.15) is 17.2 Å². The van der Waals surface area contributed by atoms with Gasteiger partial charge in [-0.2, -0.15) is 0 Å². The van der Waals surface area contributed by atoms with E-state index in [1.807, 2.05) is 31.2 Å². The van der Waals surface area contributed by atoms with Crippen LogP contribution in [0.25, 0.3) is 0 Å². The standard InChI is InChI=1S/C15H16N2O4/c1-2-21-15-6-4-3-5-11(15)10-16-13-8-7-12(18)9-14(13)17(19)20/h3-9,16,18H,2,10H2,1H3. The second kappa shape index (κ2) is 6.60. The van der Waals surface area contributed by atoms with E-state index >= 15 is 0 Å². The smallest absolute Gasteiger partial charge is 0.296 e. The minimum Gasteiger partial charge on any atom is -0.508 e. The molecule has 21 heavy (non-hydrogen) atoms. The number of nitro groups is 1. The van der Waals surface area contributed by atoms with E-state index in [0.717, 1.165) is 17.4 Å². The molecular formula is C15H16N2O4. The third-order valence-electron chi connectivity index (χ3n) is 2.92. The van der Waals surface area contributed by atoms with E-state index in [4.69, 9.17) is 4.74 Å². The molecule has 0 amide bonds. The average Bonchev–Trinajstić information content (AvgIpc) is 2.47. The van der Waals surface area contributed by atoms with Gasteiger partial charge in [0.25, 0.3) is 5.69 Å². The molecule has 0 unspecified atom stereocenters. The van der Waals surface area contributed by atoms with Gasteiger partial charge in [0.05, 0.1) is 17.6 Å². The number of hydrogen-bond donors (Lipinski definition) is 2. The van der Waals surface area contributed by atoms with Crippen molar-refractivity contribution < 1.29 is 14.8 Å². The molecule has 0 heterocycles. The van der Waals surface area contributed by atoms with Crippen molar-refractivity contribution in [3.8, 4) is 11.5 Å². The molecule has 2 N–H and O–H groups in total. The number of nitrogens with zero attached hydrogens (tertiary/aromatic N) is 1. The van der Waals surface area contributed by atoms with Crippen LogP contribution in [0.4, 0.5) is 11.4 Å². The highest BCUT2D eigenvalue weighted by atomic mass is 16.6. The second-order valence-corrected chi connectivity index (χ2v) is 4.35. The van der Waals surface area contributed by atoms with Crippen LogP contribution in [0.5, 0.6) is 11.5 Å². The first-order valence-corrected chi connectivity index (χ1v) is 6.53. The fraction of sp³-hybridized carbons (Fsp3) is 0.200. The molecule has 2 aromatic rings. The fourth-order valence-corrected chi connectivity index (χ4v) is 1.96. The molecule has 110 valence electrons. The Morgan fingerprint density at radius 2 is 2.05 bits per heavy atom. The summed E-state index contributed by atoms with van der Waals surface area (Å²) in [5, 5.41) is 23.3. The zero-order chi connectivity index (χ0) is 15.2. The van der Waals surface area contributed by atoms with E-state index < -0.39 is 4.92 Å². The first-order chi connectivity index (χ1) is 10.1. The van der Waals surface area contributed by atoms with Crippen LogP contribution >= 0.6 is 0 Å². The zero-order valence-electron chi connectivity index (χ0n) is 11.6. The number of benzene rings is 2. The van der Waals surface area contributed by atoms with Crippen molar-refractivity contribution in [1.29, 1.82) is 0 Å². The van der Waals surface area contributed by atoms with Gasteiger partial charge in [0, 0.05) is 12.1 Å². The Kier molecular flexibility index (Phi) is 4.61. The molecule has 0 aliphatic rings. The van der Waals surface area contributed by atoms with Crippen molar-refractivity contribution in [3.05, 3.63) is 58.1 Å². The van der Waals surface area contributed by atoms with Crippen molar-refractivity contribution in [2.24, 2.45) is 0 Å². The number of rotatable bonds is 6. The molecule has 0 aliphatic heterocycles. The highest BCUT2D eigenvalue weighted by Crippen LogP contribution is 2.29.